The fraction of sp³-hybridized carbons (Fsp3) is 0.235. The van der Waals surface area contributed by atoms with Gasteiger partial charge in [0.25, 0.3) is 0 Å². The molecule has 0 amide bonds. The third kappa shape index (κ3) is 7.89. The number of aromatic nitrogens is 3. The third-order valence-electron chi connectivity index (χ3n) is 6.83. The number of hydrogen-bond acceptors (Lipinski definition) is 7. The minimum absolute atomic E-state index is 0.403. The second-order valence-corrected chi connectivity index (χ2v) is 10.1. The fourth-order valence-corrected chi connectivity index (χ4v) is 4.61. The van der Waals surface area contributed by atoms with Crippen molar-refractivity contribution in [2.45, 2.75) is 19.7 Å². The molecule has 0 spiro atoms. The van der Waals surface area contributed by atoms with Gasteiger partial charge in [-0.05, 0) is 65.7 Å². The molecular weight excluding hydrogens is 526 g/mol. The zero-order valence-electron chi connectivity index (χ0n) is 24.4. The maximum Gasteiger partial charge on any atom is 0.121 e. The standard InChI is InChI=1S/C34H37N5O3/c1-37(2)31-8-5-10-34(23-31)42-20-19-41-26-29-22-32(15-17-35-29)38(25-28-7-4-9-33(21-28)40-3)24-27-11-13-30(14-12-27)39-18-6-16-36-39/h4-18,21-23H,19-20,24-26H2,1-3H3. The highest BCUT2D eigenvalue weighted by Crippen LogP contribution is 2.24. The molecule has 0 radical (unpaired) electrons. The van der Waals surface area contributed by atoms with E-state index < -0.39 is 0 Å². The van der Waals surface area contributed by atoms with Gasteiger partial charge >= 0.3 is 0 Å². The summed E-state index contributed by atoms with van der Waals surface area (Å²) < 4.78 is 19.1. The Morgan fingerprint density at radius 3 is 2.33 bits per heavy atom. The number of hydrogen-bond donors (Lipinski definition) is 0. The molecule has 0 saturated heterocycles. The number of anilines is 2. The summed E-state index contributed by atoms with van der Waals surface area (Å²) in [6.45, 7) is 2.77. The van der Waals surface area contributed by atoms with E-state index >= 15 is 0 Å². The Labute approximate surface area is 247 Å². The average Bonchev–Trinajstić information content (AvgIpc) is 3.57. The molecule has 0 aliphatic rings. The van der Waals surface area contributed by atoms with E-state index in [0.717, 1.165) is 46.4 Å². The molecule has 0 aliphatic heterocycles. The summed E-state index contributed by atoms with van der Waals surface area (Å²) in [5.41, 5.74) is 6.42. The fourth-order valence-electron chi connectivity index (χ4n) is 4.61. The van der Waals surface area contributed by atoms with Crippen molar-refractivity contribution < 1.29 is 14.2 Å². The summed E-state index contributed by atoms with van der Waals surface area (Å²) in [5, 5.41) is 4.33. The normalized spacial score (nSPS) is 10.8. The van der Waals surface area contributed by atoms with E-state index in [-0.39, 0.29) is 0 Å². The van der Waals surface area contributed by atoms with Crippen molar-refractivity contribution >= 4 is 11.4 Å². The molecule has 0 aliphatic carbocycles. The lowest BCUT2D eigenvalue weighted by atomic mass is 10.1. The summed E-state index contributed by atoms with van der Waals surface area (Å²) in [6.07, 6.45) is 5.57. The van der Waals surface area contributed by atoms with Gasteiger partial charge in [0.1, 0.15) is 18.1 Å². The molecule has 0 unspecified atom stereocenters. The van der Waals surface area contributed by atoms with Gasteiger partial charge in [0.2, 0.25) is 0 Å². The molecule has 216 valence electrons. The van der Waals surface area contributed by atoms with E-state index in [1.807, 2.05) is 73.6 Å². The van der Waals surface area contributed by atoms with Gasteiger partial charge in [0.05, 0.1) is 31.7 Å². The molecule has 8 nitrogen and oxygen atoms in total. The first-order chi connectivity index (χ1) is 20.6. The molecule has 3 aromatic carbocycles. The lowest BCUT2D eigenvalue weighted by molar-refractivity contribution is 0.0870. The highest BCUT2D eigenvalue weighted by molar-refractivity contribution is 5.50. The number of benzene rings is 3. The maximum atomic E-state index is 5.93. The van der Waals surface area contributed by atoms with Crippen LogP contribution in [0, 0.1) is 0 Å². The van der Waals surface area contributed by atoms with Crippen LogP contribution >= 0.6 is 0 Å². The van der Waals surface area contributed by atoms with E-state index in [4.69, 9.17) is 14.2 Å². The van der Waals surface area contributed by atoms with E-state index in [1.54, 1.807) is 13.3 Å². The SMILES string of the molecule is COc1cccc(CN(Cc2ccc(-n3cccn3)cc2)c2ccnc(COCCOc3cccc(N(C)C)c3)c2)c1. The van der Waals surface area contributed by atoms with Crippen LogP contribution in [-0.4, -0.2) is 49.2 Å². The third-order valence-corrected chi connectivity index (χ3v) is 6.83. The molecule has 0 bridgehead atoms. The summed E-state index contributed by atoms with van der Waals surface area (Å²) in [4.78, 5) is 8.95. The van der Waals surface area contributed by atoms with Crippen molar-refractivity contribution in [1.82, 2.24) is 14.8 Å². The predicted octanol–water partition coefficient (Wildman–Crippen LogP) is 6.14. The number of ether oxygens (including phenoxy) is 3. The number of pyridine rings is 1. The van der Waals surface area contributed by atoms with Gasteiger partial charge in [-0.1, -0.05) is 30.3 Å². The Bertz CT molecular complexity index is 1540. The molecule has 42 heavy (non-hydrogen) atoms. The van der Waals surface area contributed by atoms with Crippen LogP contribution in [0.5, 0.6) is 11.5 Å². The van der Waals surface area contributed by atoms with Crippen LogP contribution in [0.4, 0.5) is 11.4 Å². The Balaban J connectivity index is 1.24. The van der Waals surface area contributed by atoms with Crippen LogP contribution in [0.15, 0.2) is 110 Å². The topological polar surface area (TPSA) is 64.9 Å². The van der Waals surface area contributed by atoms with Gasteiger partial charge in [-0.2, -0.15) is 5.10 Å². The van der Waals surface area contributed by atoms with Crippen molar-refractivity contribution in [2.24, 2.45) is 0 Å². The van der Waals surface area contributed by atoms with Gasteiger partial charge in [-0.3, -0.25) is 4.98 Å². The molecule has 0 saturated carbocycles. The van der Waals surface area contributed by atoms with Gasteiger partial charge in [-0.15, -0.1) is 0 Å². The van der Waals surface area contributed by atoms with Gasteiger partial charge in [-0.25, -0.2) is 4.68 Å². The van der Waals surface area contributed by atoms with Crippen LogP contribution in [-0.2, 0) is 24.4 Å². The molecular formula is C34H37N5O3. The maximum absolute atomic E-state index is 5.93. The van der Waals surface area contributed by atoms with Crippen molar-refractivity contribution in [3.8, 4) is 17.2 Å². The Kier molecular flexibility index (Phi) is 9.69. The van der Waals surface area contributed by atoms with Gasteiger partial charge in [0, 0.05) is 63.2 Å². The van der Waals surface area contributed by atoms with E-state index in [0.29, 0.717) is 26.4 Å². The van der Waals surface area contributed by atoms with Crippen molar-refractivity contribution in [3.05, 3.63) is 126 Å². The smallest absolute Gasteiger partial charge is 0.121 e. The highest BCUT2D eigenvalue weighted by Gasteiger charge is 2.12. The van der Waals surface area contributed by atoms with Crippen LogP contribution in [0.3, 0.4) is 0 Å². The largest absolute Gasteiger partial charge is 0.497 e. The van der Waals surface area contributed by atoms with Crippen LogP contribution in [0.2, 0.25) is 0 Å². The summed E-state index contributed by atoms with van der Waals surface area (Å²) in [7, 11) is 5.72. The molecule has 0 N–H and O–H groups in total. The zero-order valence-corrected chi connectivity index (χ0v) is 24.4. The van der Waals surface area contributed by atoms with Crippen molar-refractivity contribution in [1.29, 1.82) is 0 Å². The van der Waals surface area contributed by atoms with Crippen LogP contribution in [0.25, 0.3) is 5.69 Å². The first-order valence-corrected chi connectivity index (χ1v) is 14.0. The number of rotatable bonds is 14. The Morgan fingerprint density at radius 1 is 0.738 bits per heavy atom. The quantitative estimate of drug-likeness (QED) is 0.150. The minimum Gasteiger partial charge on any atom is -0.497 e. The van der Waals surface area contributed by atoms with Gasteiger partial charge < -0.3 is 24.0 Å². The van der Waals surface area contributed by atoms with Crippen LogP contribution in [0.1, 0.15) is 16.8 Å². The highest BCUT2D eigenvalue weighted by atomic mass is 16.5. The van der Waals surface area contributed by atoms with E-state index in [1.165, 1.54) is 5.56 Å². The second-order valence-electron chi connectivity index (χ2n) is 10.1. The molecule has 2 heterocycles. The predicted molar refractivity (Wildman–Crippen MR) is 167 cm³/mol. The summed E-state index contributed by atoms with van der Waals surface area (Å²) in [6, 6.07) is 30.8. The molecule has 5 aromatic rings. The van der Waals surface area contributed by atoms with E-state index in [9.17, 15) is 0 Å². The van der Waals surface area contributed by atoms with Crippen molar-refractivity contribution in [3.63, 3.8) is 0 Å². The summed E-state index contributed by atoms with van der Waals surface area (Å²) >= 11 is 0. The molecule has 8 heteroatoms. The Hall–Kier alpha value is -4.82. The first-order valence-electron chi connectivity index (χ1n) is 14.0. The molecule has 2 aromatic heterocycles. The molecule has 0 atom stereocenters. The van der Waals surface area contributed by atoms with E-state index in [2.05, 4.69) is 68.4 Å². The Morgan fingerprint density at radius 2 is 1.55 bits per heavy atom. The van der Waals surface area contributed by atoms with Crippen LogP contribution < -0.4 is 19.3 Å². The lowest BCUT2D eigenvalue weighted by Gasteiger charge is -2.26. The zero-order chi connectivity index (χ0) is 29.1. The lowest BCUT2D eigenvalue weighted by Crippen LogP contribution is -2.22. The second kappa shape index (κ2) is 14.2. The molecule has 0 fully saturated rings. The minimum atomic E-state index is 0.403. The number of nitrogens with zero attached hydrogens (tertiary/aromatic N) is 5. The van der Waals surface area contributed by atoms with Crippen molar-refractivity contribution in [2.75, 3.05) is 44.2 Å². The summed E-state index contributed by atoms with van der Waals surface area (Å²) in [5.74, 6) is 1.67. The monoisotopic (exact) mass is 563 g/mol. The van der Waals surface area contributed by atoms with Gasteiger partial charge in [0.15, 0.2) is 0 Å². The number of methoxy groups -OCH3 is 1. The average molecular weight is 564 g/mol. The molecule has 5 rings (SSSR count). The first kappa shape index (κ1) is 28.7.